The van der Waals surface area contributed by atoms with Crippen molar-refractivity contribution in [3.63, 3.8) is 0 Å². The molecule has 0 bridgehead atoms. The Morgan fingerprint density at radius 2 is 1.75 bits per heavy atom. The summed E-state index contributed by atoms with van der Waals surface area (Å²) in [5.74, 6) is 0.355. The summed E-state index contributed by atoms with van der Waals surface area (Å²) in [4.78, 5) is 4.34. The Morgan fingerprint density at radius 1 is 1.09 bits per heavy atom. The third-order valence-corrected chi connectivity index (χ3v) is 6.48. The first kappa shape index (κ1) is 23.5. The molecule has 2 aromatic carbocycles. The van der Waals surface area contributed by atoms with Crippen molar-refractivity contribution in [3.05, 3.63) is 70.9 Å². The van der Waals surface area contributed by atoms with E-state index in [4.69, 9.17) is 0 Å². The van der Waals surface area contributed by atoms with E-state index in [2.05, 4.69) is 42.3 Å². The van der Waals surface area contributed by atoms with Gasteiger partial charge < -0.3 is 0 Å². The molecule has 1 aromatic heterocycles. The monoisotopic (exact) mass is 450 g/mol. The zero-order chi connectivity index (χ0) is 23.7. The standard InChI is InChI=1S/C25H30N4O2S/c1-8-9-21-22(26-7)14-17(2)15-23(21)29-24(16-18(3)27-29)28-32(30,31)20-12-10-19(11-13-20)25(4,5)6/h8-16,28H,7H2,1-6H3. The maximum absolute atomic E-state index is 13.2. The fourth-order valence-electron chi connectivity index (χ4n) is 3.49. The average Bonchev–Trinajstić information content (AvgIpc) is 3.07. The lowest BCUT2D eigenvalue weighted by Crippen LogP contribution is -2.17. The quantitative estimate of drug-likeness (QED) is 0.471. The number of aryl methyl sites for hydroxylation is 2. The molecule has 0 spiro atoms. The lowest BCUT2D eigenvalue weighted by Gasteiger charge is -2.19. The Labute approximate surface area is 190 Å². The average molecular weight is 451 g/mol. The summed E-state index contributed by atoms with van der Waals surface area (Å²) >= 11 is 0. The van der Waals surface area contributed by atoms with Crippen LogP contribution in [0.2, 0.25) is 0 Å². The first-order valence-electron chi connectivity index (χ1n) is 10.4. The van der Waals surface area contributed by atoms with Gasteiger partial charge in [0, 0.05) is 11.6 Å². The molecule has 0 unspecified atom stereocenters. The number of nitrogens with one attached hydrogen (secondary N) is 1. The van der Waals surface area contributed by atoms with E-state index in [1.54, 1.807) is 22.9 Å². The summed E-state index contributed by atoms with van der Waals surface area (Å²) in [7, 11) is -3.81. The SMILES string of the molecule is C=Nc1cc(C)cc(-n2nc(C)cc2NS(=O)(=O)c2ccc(C(C)(C)C)cc2)c1C=CC. The van der Waals surface area contributed by atoms with Crippen molar-refractivity contribution in [2.45, 2.75) is 51.9 Å². The molecule has 0 atom stereocenters. The molecule has 0 radical (unpaired) electrons. The molecule has 7 heteroatoms. The summed E-state index contributed by atoms with van der Waals surface area (Å²) in [6.45, 7) is 15.6. The van der Waals surface area contributed by atoms with Gasteiger partial charge in [0.1, 0.15) is 5.82 Å². The van der Waals surface area contributed by atoms with Crippen LogP contribution in [-0.2, 0) is 15.4 Å². The molecule has 0 fully saturated rings. The van der Waals surface area contributed by atoms with Crippen molar-refractivity contribution in [3.8, 4) is 5.69 Å². The molecule has 0 aliphatic rings. The van der Waals surface area contributed by atoms with E-state index in [0.717, 1.165) is 22.4 Å². The van der Waals surface area contributed by atoms with Gasteiger partial charge in [0.15, 0.2) is 0 Å². The Kier molecular flexibility index (Phi) is 6.41. The second-order valence-corrected chi connectivity index (χ2v) is 10.5. The number of hydrogen-bond donors (Lipinski definition) is 1. The molecule has 1 heterocycles. The zero-order valence-electron chi connectivity index (χ0n) is 19.5. The molecule has 1 N–H and O–H groups in total. The first-order chi connectivity index (χ1) is 15.0. The Morgan fingerprint density at radius 3 is 2.31 bits per heavy atom. The van der Waals surface area contributed by atoms with Crippen LogP contribution in [0.5, 0.6) is 0 Å². The smallest absolute Gasteiger partial charge is 0.263 e. The Bertz CT molecular complexity index is 1280. The molecular formula is C25H30N4O2S. The predicted molar refractivity (Wildman–Crippen MR) is 133 cm³/mol. The van der Waals surface area contributed by atoms with Crippen molar-refractivity contribution < 1.29 is 8.42 Å². The van der Waals surface area contributed by atoms with Crippen LogP contribution in [0.3, 0.4) is 0 Å². The number of benzene rings is 2. The molecule has 6 nitrogen and oxygen atoms in total. The molecule has 0 amide bonds. The summed E-state index contributed by atoms with van der Waals surface area (Å²) in [5.41, 5.74) is 4.90. The number of anilines is 1. The summed E-state index contributed by atoms with van der Waals surface area (Å²) in [6, 6.07) is 12.6. The lowest BCUT2D eigenvalue weighted by atomic mass is 9.87. The highest BCUT2D eigenvalue weighted by atomic mass is 32.2. The van der Waals surface area contributed by atoms with Gasteiger partial charge in [-0.15, -0.1) is 0 Å². The minimum Gasteiger partial charge on any atom is -0.264 e. The Hall–Kier alpha value is -3.19. The van der Waals surface area contributed by atoms with Gasteiger partial charge in [0.05, 0.1) is 22.0 Å². The van der Waals surface area contributed by atoms with Crippen molar-refractivity contribution in [1.82, 2.24) is 9.78 Å². The second kappa shape index (κ2) is 8.74. The van der Waals surface area contributed by atoms with Gasteiger partial charge in [-0.2, -0.15) is 5.10 Å². The van der Waals surface area contributed by atoms with Gasteiger partial charge >= 0.3 is 0 Å². The van der Waals surface area contributed by atoms with E-state index in [-0.39, 0.29) is 10.3 Å². The highest BCUT2D eigenvalue weighted by molar-refractivity contribution is 7.92. The van der Waals surface area contributed by atoms with E-state index in [0.29, 0.717) is 17.2 Å². The van der Waals surface area contributed by atoms with Crippen LogP contribution in [-0.4, -0.2) is 24.9 Å². The largest absolute Gasteiger partial charge is 0.264 e. The van der Waals surface area contributed by atoms with Crippen molar-refractivity contribution >= 4 is 34.3 Å². The predicted octanol–water partition coefficient (Wildman–Crippen LogP) is 5.95. The normalized spacial score (nSPS) is 12.3. The van der Waals surface area contributed by atoms with Crippen LogP contribution < -0.4 is 4.72 Å². The number of sulfonamides is 1. The fraction of sp³-hybridized carbons (Fsp3) is 0.280. The second-order valence-electron chi connectivity index (χ2n) is 8.84. The highest BCUT2D eigenvalue weighted by Crippen LogP contribution is 2.32. The van der Waals surface area contributed by atoms with E-state index < -0.39 is 10.0 Å². The van der Waals surface area contributed by atoms with Crippen LogP contribution in [0.25, 0.3) is 11.8 Å². The molecule has 0 saturated carbocycles. The number of allylic oxidation sites excluding steroid dienone is 1. The molecular weight excluding hydrogens is 420 g/mol. The molecule has 3 rings (SSSR count). The number of aliphatic imine (C=N–C) groups is 1. The molecule has 0 saturated heterocycles. The van der Waals surface area contributed by atoms with Gasteiger partial charge in [-0.1, -0.05) is 45.1 Å². The summed E-state index contributed by atoms with van der Waals surface area (Å²) in [6.07, 6.45) is 3.82. The number of rotatable bonds is 6. The number of nitrogens with zero attached hydrogens (tertiary/aromatic N) is 3. The summed E-state index contributed by atoms with van der Waals surface area (Å²) in [5, 5.41) is 4.56. The van der Waals surface area contributed by atoms with Crippen molar-refractivity contribution in [1.29, 1.82) is 0 Å². The first-order valence-corrected chi connectivity index (χ1v) is 11.9. The fourth-order valence-corrected chi connectivity index (χ4v) is 4.52. The van der Waals surface area contributed by atoms with E-state index >= 15 is 0 Å². The number of hydrogen-bond acceptors (Lipinski definition) is 4. The number of aromatic nitrogens is 2. The van der Waals surface area contributed by atoms with Crippen LogP contribution >= 0.6 is 0 Å². The molecule has 0 aliphatic carbocycles. The maximum Gasteiger partial charge on any atom is 0.263 e. The van der Waals surface area contributed by atoms with Gasteiger partial charge in [-0.05, 0) is 68.3 Å². The van der Waals surface area contributed by atoms with Gasteiger partial charge in [-0.3, -0.25) is 9.71 Å². The highest BCUT2D eigenvalue weighted by Gasteiger charge is 2.21. The van der Waals surface area contributed by atoms with E-state index in [1.807, 2.05) is 57.2 Å². The van der Waals surface area contributed by atoms with Crippen LogP contribution in [0.15, 0.2) is 58.4 Å². The van der Waals surface area contributed by atoms with Gasteiger partial charge in [0.2, 0.25) is 0 Å². The molecule has 0 aliphatic heterocycles. The van der Waals surface area contributed by atoms with Crippen molar-refractivity contribution in [2.24, 2.45) is 4.99 Å². The van der Waals surface area contributed by atoms with E-state index in [9.17, 15) is 8.42 Å². The third-order valence-electron chi connectivity index (χ3n) is 5.11. The molecule has 3 aromatic rings. The maximum atomic E-state index is 13.2. The van der Waals surface area contributed by atoms with Crippen LogP contribution in [0, 0.1) is 13.8 Å². The van der Waals surface area contributed by atoms with Crippen molar-refractivity contribution in [2.75, 3.05) is 4.72 Å². The van der Waals surface area contributed by atoms with Crippen LogP contribution in [0.1, 0.15) is 50.1 Å². The lowest BCUT2D eigenvalue weighted by molar-refractivity contribution is 0.587. The van der Waals surface area contributed by atoms with Gasteiger partial charge in [0.25, 0.3) is 10.0 Å². The molecule has 32 heavy (non-hydrogen) atoms. The van der Waals surface area contributed by atoms with E-state index in [1.165, 1.54) is 0 Å². The third kappa shape index (κ3) is 4.83. The molecule has 168 valence electrons. The Balaban J connectivity index is 2.09. The van der Waals surface area contributed by atoms with Crippen LogP contribution in [0.4, 0.5) is 11.5 Å². The minimum absolute atomic E-state index is 0.0588. The minimum atomic E-state index is -3.81. The van der Waals surface area contributed by atoms with Gasteiger partial charge in [-0.25, -0.2) is 13.1 Å². The summed E-state index contributed by atoms with van der Waals surface area (Å²) < 4.78 is 30.6. The topological polar surface area (TPSA) is 76.3 Å². The zero-order valence-corrected chi connectivity index (χ0v) is 20.3.